The minimum atomic E-state index is -0.713. The number of likely N-dealkylation sites (tertiary alicyclic amines) is 1. The summed E-state index contributed by atoms with van der Waals surface area (Å²) in [6.45, 7) is 3.20. The quantitative estimate of drug-likeness (QED) is 0.530. The second-order valence-electron chi connectivity index (χ2n) is 3.84. The number of nitrogens with zero attached hydrogens (tertiary/aromatic N) is 1. The van der Waals surface area contributed by atoms with Crippen LogP contribution >= 0.6 is 0 Å². The smallest absolute Gasteiger partial charge is 0.404 e. The molecular weight excluding hydrogens is 196 g/mol. The van der Waals surface area contributed by atoms with Crippen molar-refractivity contribution >= 4 is 12.4 Å². The molecule has 1 amide bonds. The van der Waals surface area contributed by atoms with E-state index in [9.17, 15) is 9.59 Å². The molecule has 0 saturated carbocycles. The number of nitrogens with two attached hydrogens (primary N) is 1. The number of hydrogen-bond acceptors (Lipinski definition) is 4. The van der Waals surface area contributed by atoms with Crippen molar-refractivity contribution in [2.45, 2.75) is 19.3 Å². The lowest BCUT2D eigenvalue weighted by molar-refractivity contribution is -0.112. The number of hydrogen-bond donors (Lipinski definition) is 1. The minimum Gasteiger partial charge on any atom is -0.450 e. The average molecular weight is 214 g/mol. The Hall–Kier alpha value is -1.10. The number of rotatable bonds is 5. The van der Waals surface area contributed by atoms with E-state index in [1.54, 1.807) is 0 Å². The summed E-state index contributed by atoms with van der Waals surface area (Å²) in [4.78, 5) is 23.1. The predicted molar refractivity (Wildman–Crippen MR) is 55.4 cm³/mol. The van der Waals surface area contributed by atoms with Gasteiger partial charge in [0.25, 0.3) is 0 Å². The molecule has 0 radical (unpaired) electrons. The van der Waals surface area contributed by atoms with Gasteiger partial charge in [0.05, 0.1) is 6.61 Å². The largest absolute Gasteiger partial charge is 0.450 e. The molecule has 5 nitrogen and oxygen atoms in total. The highest BCUT2D eigenvalue weighted by Gasteiger charge is 2.17. The Morgan fingerprint density at radius 3 is 2.67 bits per heavy atom. The van der Waals surface area contributed by atoms with Gasteiger partial charge in [0, 0.05) is 12.5 Å². The Morgan fingerprint density at radius 2 is 2.13 bits per heavy atom. The summed E-state index contributed by atoms with van der Waals surface area (Å²) in [5, 5.41) is 0. The average Bonchev–Trinajstić information content (AvgIpc) is 2.25. The molecule has 0 aromatic heterocycles. The fraction of sp³-hybridized carbons (Fsp3) is 0.800. The van der Waals surface area contributed by atoms with Gasteiger partial charge >= 0.3 is 6.09 Å². The van der Waals surface area contributed by atoms with Crippen LogP contribution in [0, 0.1) is 5.92 Å². The van der Waals surface area contributed by atoms with Gasteiger partial charge in [-0.2, -0.15) is 0 Å². The molecule has 0 aromatic carbocycles. The van der Waals surface area contributed by atoms with Gasteiger partial charge in [0.15, 0.2) is 0 Å². The highest BCUT2D eigenvalue weighted by Crippen LogP contribution is 2.14. The van der Waals surface area contributed by atoms with Gasteiger partial charge in [0.2, 0.25) is 0 Å². The molecule has 1 saturated heterocycles. The van der Waals surface area contributed by atoms with Crippen LogP contribution in [0.5, 0.6) is 0 Å². The van der Waals surface area contributed by atoms with Crippen molar-refractivity contribution in [1.82, 2.24) is 4.90 Å². The van der Waals surface area contributed by atoms with Crippen molar-refractivity contribution in [2.24, 2.45) is 11.7 Å². The van der Waals surface area contributed by atoms with Crippen molar-refractivity contribution < 1.29 is 14.3 Å². The molecule has 15 heavy (non-hydrogen) atoms. The van der Waals surface area contributed by atoms with E-state index in [0.29, 0.717) is 6.61 Å². The zero-order valence-electron chi connectivity index (χ0n) is 8.85. The molecule has 1 heterocycles. The van der Waals surface area contributed by atoms with E-state index < -0.39 is 6.09 Å². The molecule has 0 aromatic rings. The van der Waals surface area contributed by atoms with Crippen LogP contribution < -0.4 is 5.73 Å². The lowest BCUT2D eigenvalue weighted by Gasteiger charge is -2.29. The number of primary amides is 1. The van der Waals surface area contributed by atoms with Gasteiger partial charge in [-0.25, -0.2) is 4.79 Å². The second kappa shape index (κ2) is 6.40. The van der Waals surface area contributed by atoms with Crippen LogP contribution in [0.3, 0.4) is 0 Å². The number of carbonyl (C=O) groups excluding carboxylic acids is 2. The molecule has 0 atom stereocenters. The molecule has 5 heteroatoms. The van der Waals surface area contributed by atoms with Gasteiger partial charge in [0.1, 0.15) is 6.29 Å². The summed E-state index contributed by atoms with van der Waals surface area (Å²) < 4.78 is 4.63. The SMILES string of the molecule is NC(=O)OCCCN1CCC(C=O)CC1. The van der Waals surface area contributed by atoms with Gasteiger partial charge in [-0.05, 0) is 32.4 Å². The molecule has 0 unspecified atom stereocenters. The van der Waals surface area contributed by atoms with E-state index in [1.165, 1.54) is 0 Å². The first-order valence-corrected chi connectivity index (χ1v) is 5.32. The number of ether oxygens (including phenoxy) is 1. The zero-order valence-corrected chi connectivity index (χ0v) is 8.85. The van der Waals surface area contributed by atoms with Gasteiger partial charge in [-0.1, -0.05) is 0 Å². The molecule has 1 aliphatic rings. The number of carbonyl (C=O) groups is 2. The maximum atomic E-state index is 10.5. The van der Waals surface area contributed by atoms with E-state index >= 15 is 0 Å². The zero-order chi connectivity index (χ0) is 11.1. The van der Waals surface area contributed by atoms with E-state index in [4.69, 9.17) is 5.73 Å². The Morgan fingerprint density at radius 1 is 1.47 bits per heavy atom. The second-order valence-corrected chi connectivity index (χ2v) is 3.84. The fourth-order valence-corrected chi connectivity index (χ4v) is 1.77. The lowest BCUT2D eigenvalue weighted by atomic mass is 9.98. The standard InChI is InChI=1S/C10H18N2O3/c11-10(14)15-7-1-4-12-5-2-9(8-13)3-6-12/h8-9H,1-7H2,(H2,11,14). The third-order valence-electron chi connectivity index (χ3n) is 2.69. The Labute approximate surface area is 89.6 Å². The van der Waals surface area contributed by atoms with Crippen molar-refractivity contribution in [1.29, 1.82) is 0 Å². The van der Waals surface area contributed by atoms with Gasteiger partial charge in [-0.3, -0.25) is 0 Å². The molecule has 0 aliphatic carbocycles. The highest BCUT2D eigenvalue weighted by molar-refractivity contribution is 5.64. The molecule has 1 aliphatic heterocycles. The molecule has 2 N–H and O–H groups in total. The normalized spacial score (nSPS) is 18.7. The summed E-state index contributed by atoms with van der Waals surface area (Å²) in [7, 11) is 0. The Kier molecular flexibility index (Phi) is 5.10. The molecule has 0 bridgehead atoms. The van der Waals surface area contributed by atoms with Crippen molar-refractivity contribution in [3.63, 3.8) is 0 Å². The predicted octanol–water partition coefficient (Wildman–Crippen LogP) is 0.383. The molecule has 86 valence electrons. The summed E-state index contributed by atoms with van der Waals surface area (Å²) in [6.07, 6.45) is 3.03. The first-order valence-electron chi connectivity index (χ1n) is 5.32. The van der Waals surface area contributed by atoms with Crippen LogP contribution in [0.4, 0.5) is 4.79 Å². The fourth-order valence-electron chi connectivity index (χ4n) is 1.77. The van der Waals surface area contributed by atoms with Crippen LogP contribution in [-0.2, 0) is 9.53 Å². The molecular formula is C10H18N2O3. The molecule has 0 spiro atoms. The van der Waals surface area contributed by atoms with E-state index in [1.807, 2.05) is 0 Å². The van der Waals surface area contributed by atoms with E-state index in [0.717, 1.165) is 45.2 Å². The highest BCUT2D eigenvalue weighted by atomic mass is 16.5. The maximum absolute atomic E-state index is 10.5. The van der Waals surface area contributed by atoms with Crippen molar-refractivity contribution in [3.8, 4) is 0 Å². The summed E-state index contributed by atoms with van der Waals surface area (Å²) in [5.74, 6) is 0.239. The lowest BCUT2D eigenvalue weighted by Crippen LogP contribution is -2.35. The number of piperidine rings is 1. The number of aldehydes is 1. The van der Waals surface area contributed by atoms with E-state index in [-0.39, 0.29) is 5.92 Å². The third-order valence-corrected chi connectivity index (χ3v) is 2.69. The molecule has 1 rings (SSSR count). The van der Waals surface area contributed by atoms with E-state index in [2.05, 4.69) is 9.64 Å². The number of amides is 1. The van der Waals surface area contributed by atoms with Gasteiger partial charge in [-0.15, -0.1) is 0 Å². The first kappa shape index (κ1) is 12.0. The Bertz CT molecular complexity index is 213. The maximum Gasteiger partial charge on any atom is 0.404 e. The minimum absolute atomic E-state index is 0.239. The summed E-state index contributed by atoms with van der Waals surface area (Å²) in [5.41, 5.74) is 4.83. The van der Waals surface area contributed by atoms with Gasteiger partial charge < -0.3 is 20.2 Å². The van der Waals surface area contributed by atoms with Crippen LogP contribution in [0.1, 0.15) is 19.3 Å². The molecule has 1 fully saturated rings. The van der Waals surface area contributed by atoms with Crippen LogP contribution in [0.25, 0.3) is 0 Å². The third kappa shape index (κ3) is 4.78. The monoisotopic (exact) mass is 214 g/mol. The van der Waals surface area contributed by atoms with Crippen molar-refractivity contribution in [3.05, 3.63) is 0 Å². The first-order chi connectivity index (χ1) is 7.22. The topological polar surface area (TPSA) is 72.6 Å². The van der Waals surface area contributed by atoms with Crippen molar-refractivity contribution in [2.75, 3.05) is 26.2 Å². The van der Waals surface area contributed by atoms with Crippen LogP contribution in [0.2, 0.25) is 0 Å². The summed E-state index contributed by atoms with van der Waals surface area (Å²) in [6, 6.07) is 0. The Balaban J connectivity index is 2.03. The van der Waals surface area contributed by atoms with Crippen LogP contribution in [0.15, 0.2) is 0 Å². The van der Waals surface area contributed by atoms with Crippen LogP contribution in [-0.4, -0.2) is 43.5 Å². The summed E-state index contributed by atoms with van der Waals surface area (Å²) >= 11 is 0.